The normalized spacial score (nSPS) is 19.0. The summed E-state index contributed by atoms with van der Waals surface area (Å²) in [4.78, 5) is 5.78. The van der Waals surface area contributed by atoms with Crippen LogP contribution in [0.15, 0.2) is 24.3 Å². The average molecular weight is 244 g/mol. The minimum atomic E-state index is 0.641. The molecule has 0 fully saturated rings. The SMILES string of the molecule is Cc1cccc(C2CCc3nc(N)sc3C2)c1. The Balaban J connectivity index is 1.88. The first kappa shape index (κ1) is 10.8. The minimum Gasteiger partial charge on any atom is -0.375 e. The Morgan fingerprint density at radius 3 is 3.12 bits per heavy atom. The standard InChI is InChI=1S/C14H16N2S/c1-9-3-2-4-10(7-9)11-5-6-12-13(8-11)17-14(15)16-12/h2-4,7,11H,5-6,8H2,1H3,(H2,15,16). The highest BCUT2D eigenvalue weighted by atomic mass is 32.1. The van der Waals surface area contributed by atoms with Gasteiger partial charge in [-0.25, -0.2) is 4.98 Å². The number of thiazole rings is 1. The third-order valence-corrected chi connectivity index (χ3v) is 4.42. The number of nitrogens with zero attached hydrogens (tertiary/aromatic N) is 1. The number of hydrogen-bond acceptors (Lipinski definition) is 3. The van der Waals surface area contributed by atoms with Crippen molar-refractivity contribution < 1.29 is 0 Å². The zero-order valence-electron chi connectivity index (χ0n) is 9.94. The van der Waals surface area contributed by atoms with E-state index in [2.05, 4.69) is 36.2 Å². The third kappa shape index (κ3) is 2.07. The highest BCUT2D eigenvalue weighted by Gasteiger charge is 2.23. The molecule has 2 aromatic rings. The fourth-order valence-electron chi connectivity index (χ4n) is 2.60. The Bertz CT molecular complexity index is 545. The highest BCUT2D eigenvalue weighted by molar-refractivity contribution is 7.15. The molecule has 1 heterocycles. The topological polar surface area (TPSA) is 38.9 Å². The van der Waals surface area contributed by atoms with E-state index in [9.17, 15) is 0 Å². The molecule has 2 N–H and O–H groups in total. The second-order valence-corrected chi connectivity index (χ2v) is 5.89. The number of nitrogens with two attached hydrogens (primary N) is 1. The summed E-state index contributed by atoms with van der Waals surface area (Å²) in [5.41, 5.74) is 9.81. The molecule has 0 saturated carbocycles. The van der Waals surface area contributed by atoms with Crippen molar-refractivity contribution >= 4 is 16.5 Å². The fraction of sp³-hybridized carbons (Fsp3) is 0.357. The lowest BCUT2D eigenvalue weighted by molar-refractivity contribution is 0.584. The summed E-state index contributed by atoms with van der Waals surface area (Å²) in [6.45, 7) is 2.16. The Hall–Kier alpha value is -1.35. The molecule has 1 aromatic heterocycles. The molecule has 1 atom stereocenters. The number of rotatable bonds is 1. The summed E-state index contributed by atoms with van der Waals surface area (Å²) in [7, 11) is 0. The lowest BCUT2D eigenvalue weighted by atomic mass is 9.85. The van der Waals surface area contributed by atoms with Crippen molar-refractivity contribution in [2.24, 2.45) is 0 Å². The van der Waals surface area contributed by atoms with Crippen molar-refractivity contribution in [2.45, 2.75) is 32.1 Å². The van der Waals surface area contributed by atoms with Crippen LogP contribution < -0.4 is 5.73 Å². The lowest BCUT2D eigenvalue weighted by Gasteiger charge is -2.21. The van der Waals surface area contributed by atoms with Crippen LogP contribution in [0.2, 0.25) is 0 Å². The van der Waals surface area contributed by atoms with E-state index in [4.69, 9.17) is 5.73 Å². The zero-order valence-corrected chi connectivity index (χ0v) is 10.8. The van der Waals surface area contributed by atoms with E-state index in [-0.39, 0.29) is 0 Å². The third-order valence-electron chi connectivity index (χ3n) is 3.47. The van der Waals surface area contributed by atoms with E-state index < -0.39 is 0 Å². The molecule has 2 nitrogen and oxygen atoms in total. The van der Waals surface area contributed by atoms with E-state index in [0.717, 1.165) is 18.0 Å². The van der Waals surface area contributed by atoms with E-state index in [0.29, 0.717) is 5.92 Å². The van der Waals surface area contributed by atoms with Crippen molar-refractivity contribution in [2.75, 3.05) is 5.73 Å². The number of fused-ring (bicyclic) bond motifs is 1. The Labute approximate surface area is 106 Å². The van der Waals surface area contributed by atoms with Crippen molar-refractivity contribution in [3.63, 3.8) is 0 Å². The second-order valence-electron chi connectivity index (χ2n) is 4.78. The van der Waals surface area contributed by atoms with Gasteiger partial charge < -0.3 is 5.73 Å². The van der Waals surface area contributed by atoms with Gasteiger partial charge in [-0.15, -0.1) is 11.3 Å². The predicted molar refractivity (Wildman–Crippen MR) is 72.5 cm³/mol. The minimum absolute atomic E-state index is 0.641. The van der Waals surface area contributed by atoms with Gasteiger partial charge in [0.25, 0.3) is 0 Å². The summed E-state index contributed by atoms with van der Waals surface area (Å²) in [6.07, 6.45) is 3.37. The van der Waals surface area contributed by atoms with Crippen LogP contribution in [0.1, 0.15) is 34.0 Å². The highest BCUT2D eigenvalue weighted by Crippen LogP contribution is 2.36. The molecule has 88 valence electrons. The van der Waals surface area contributed by atoms with Crippen LogP contribution in [-0.4, -0.2) is 4.98 Å². The average Bonchev–Trinajstić information content (AvgIpc) is 2.68. The van der Waals surface area contributed by atoms with Gasteiger partial charge in [-0.1, -0.05) is 29.8 Å². The summed E-state index contributed by atoms with van der Waals surface area (Å²) in [6, 6.07) is 8.86. The second kappa shape index (κ2) is 4.15. The van der Waals surface area contributed by atoms with Gasteiger partial charge in [0.15, 0.2) is 5.13 Å². The fourth-order valence-corrected chi connectivity index (χ4v) is 3.56. The molecule has 17 heavy (non-hydrogen) atoms. The molecule has 0 amide bonds. The van der Waals surface area contributed by atoms with Gasteiger partial charge in [0.1, 0.15) is 0 Å². The Kier molecular flexibility index (Phi) is 2.63. The molecule has 1 aliphatic rings. The smallest absolute Gasteiger partial charge is 0.180 e. The quantitative estimate of drug-likeness (QED) is 0.836. The summed E-state index contributed by atoms with van der Waals surface area (Å²) in [5.74, 6) is 0.641. The number of benzene rings is 1. The predicted octanol–water partition coefficient (Wildman–Crippen LogP) is 3.31. The van der Waals surface area contributed by atoms with E-state index >= 15 is 0 Å². The van der Waals surface area contributed by atoms with Crippen molar-refractivity contribution in [3.05, 3.63) is 46.0 Å². The first-order chi connectivity index (χ1) is 8.22. The molecule has 0 saturated heterocycles. The van der Waals surface area contributed by atoms with Crippen LogP contribution in [0.5, 0.6) is 0 Å². The maximum absolute atomic E-state index is 5.77. The number of aromatic nitrogens is 1. The van der Waals surface area contributed by atoms with Crippen LogP contribution in [-0.2, 0) is 12.8 Å². The molecule has 0 spiro atoms. The molecule has 3 rings (SSSR count). The summed E-state index contributed by atoms with van der Waals surface area (Å²) < 4.78 is 0. The van der Waals surface area contributed by atoms with Gasteiger partial charge in [0.05, 0.1) is 5.69 Å². The van der Waals surface area contributed by atoms with Gasteiger partial charge in [-0.2, -0.15) is 0 Å². The van der Waals surface area contributed by atoms with Crippen LogP contribution in [0.4, 0.5) is 5.13 Å². The van der Waals surface area contributed by atoms with E-state index in [1.54, 1.807) is 11.3 Å². The van der Waals surface area contributed by atoms with Crippen LogP contribution in [0, 0.1) is 6.92 Å². The molecule has 0 aliphatic heterocycles. The number of nitrogen functional groups attached to an aromatic ring is 1. The van der Waals surface area contributed by atoms with Gasteiger partial charge in [0, 0.05) is 4.88 Å². The van der Waals surface area contributed by atoms with Crippen LogP contribution in [0.25, 0.3) is 0 Å². The monoisotopic (exact) mass is 244 g/mol. The molecule has 0 bridgehead atoms. The first-order valence-electron chi connectivity index (χ1n) is 6.03. The maximum Gasteiger partial charge on any atom is 0.180 e. The van der Waals surface area contributed by atoms with Gasteiger partial charge in [-0.05, 0) is 37.7 Å². The van der Waals surface area contributed by atoms with Crippen LogP contribution >= 0.6 is 11.3 Å². The Morgan fingerprint density at radius 2 is 2.29 bits per heavy atom. The summed E-state index contributed by atoms with van der Waals surface area (Å²) >= 11 is 1.66. The molecular formula is C14H16N2S. The Morgan fingerprint density at radius 1 is 1.41 bits per heavy atom. The van der Waals surface area contributed by atoms with Crippen molar-refractivity contribution in [1.82, 2.24) is 4.98 Å². The van der Waals surface area contributed by atoms with Crippen LogP contribution in [0.3, 0.4) is 0 Å². The number of hydrogen-bond donors (Lipinski definition) is 1. The van der Waals surface area contributed by atoms with Crippen molar-refractivity contribution in [1.29, 1.82) is 0 Å². The largest absolute Gasteiger partial charge is 0.375 e. The van der Waals surface area contributed by atoms with E-state index in [1.807, 2.05) is 0 Å². The maximum atomic E-state index is 5.77. The zero-order chi connectivity index (χ0) is 11.8. The first-order valence-corrected chi connectivity index (χ1v) is 6.84. The lowest BCUT2D eigenvalue weighted by Crippen LogP contribution is -2.11. The molecule has 1 aromatic carbocycles. The molecule has 1 unspecified atom stereocenters. The summed E-state index contributed by atoms with van der Waals surface area (Å²) in [5, 5.41) is 0.722. The molecule has 3 heteroatoms. The van der Waals surface area contributed by atoms with Crippen molar-refractivity contribution in [3.8, 4) is 0 Å². The molecular weight excluding hydrogens is 228 g/mol. The number of anilines is 1. The molecule has 1 aliphatic carbocycles. The van der Waals surface area contributed by atoms with Gasteiger partial charge in [0.2, 0.25) is 0 Å². The molecule has 0 radical (unpaired) electrons. The van der Waals surface area contributed by atoms with Gasteiger partial charge >= 0.3 is 0 Å². The van der Waals surface area contributed by atoms with E-state index in [1.165, 1.54) is 28.1 Å². The van der Waals surface area contributed by atoms with Gasteiger partial charge in [-0.3, -0.25) is 0 Å². The number of aryl methyl sites for hydroxylation is 2.